The van der Waals surface area contributed by atoms with Gasteiger partial charge < -0.3 is 11.5 Å². The van der Waals surface area contributed by atoms with Crippen molar-refractivity contribution in [1.29, 1.82) is 10.5 Å². The molecule has 2 aromatic rings. The minimum atomic E-state index is -0.365. The maximum atomic E-state index is 8.77. The van der Waals surface area contributed by atoms with Crippen LogP contribution in [0.15, 0.2) is 48.5 Å². The smallest absolute Gasteiger partial charge is 0.0991 e. The molecule has 0 saturated carbocycles. The minimum absolute atomic E-state index is 0. The van der Waals surface area contributed by atoms with E-state index in [4.69, 9.17) is 22.0 Å². The zero-order chi connectivity index (χ0) is 14.5. The van der Waals surface area contributed by atoms with E-state index in [2.05, 4.69) is 12.1 Å². The van der Waals surface area contributed by atoms with Crippen LogP contribution in [0.4, 0.5) is 0 Å². The molecule has 2 atom stereocenters. The maximum Gasteiger partial charge on any atom is 0.0991 e. The molecule has 0 spiro atoms. The van der Waals surface area contributed by atoms with E-state index >= 15 is 0 Å². The van der Waals surface area contributed by atoms with Gasteiger partial charge in [-0.15, -0.1) is 24.8 Å². The van der Waals surface area contributed by atoms with Crippen LogP contribution in [0.2, 0.25) is 0 Å². The molecule has 2 rings (SSSR count). The minimum Gasteiger partial charge on any atom is -0.322 e. The lowest BCUT2D eigenvalue weighted by Gasteiger charge is -2.20. The van der Waals surface area contributed by atoms with Gasteiger partial charge in [0.2, 0.25) is 0 Å². The third kappa shape index (κ3) is 4.46. The molecule has 0 aliphatic rings. The van der Waals surface area contributed by atoms with Crippen LogP contribution in [0.1, 0.15) is 34.3 Å². The number of nitrogens with zero attached hydrogens (tertiary/aromatic N) is 2. The van der Waals surface area contributed by atoms with Crippen molar-refractivity contribution in [3.63, 3.8) is 0 Å². The maximum absolute atomic E-state index is 8.77. The monoisotopic (exact) mass is 334 g/mol. The van der Waals surface area contributed by atoms with Crippen LogP contribution in [-0.4, -0.2) is 0 Å². The Morgan fingerprint density at radius 2 is 0.909 bits per heavy atom. The summed E-state index contributed by atoms with van der Waals surface area (Å²) in [6, 6.07) is 17.5. The second kappa shape index (κ2) is 9.04. The first-order valence-electron chi connectivity index (χ1n) is 6.17. The molecule has 0 bridgehead atoms. The van der Waals surface area contributed by atoms with E-state index in [-0.39, 0.29) is 36.9 Å². The summed E-state index contributed by atoms with van der Waals surface area (Å²) in [5.41, 5.74) is 15.3. The Kier molecular flexibility index (Phi) is 8.19. The highest BCUT2D eigenvalue weighted by Crippen LogP contribution is 2.25. The zero-order valence-electron chi connectivity index (χ0n) is 11.6. The Bertz CT molecular complexity index is 608. The summed E-state index contributed by atoms with van der Waals surface area (Å²) in [6.07, 6.45) is 0. The summed E-state index contributed by atoms with van der Waals surface area (Å²) in [5.74, 6) is 0. The molecule has 2 aromatic carbocycles. The highest BCUT2D eigenvalue weighted by atomic mass is 35.5. The van der Waals surface area contributed by atoms with Crippen LogP contribution in [-0.2, 0) is 0 Å². The molecular weight excluding hydrogens is 319 g/mol. The number of rotatable bonds is 3. The number of nitriles is 2. The Balaban J connectivity index is 0.00000220. The molecule has 4 nitrogen and oxygen atoms in total. The van der Waals surface area contributed by atoms with Gasteiger partial charge in [-0.1, -0.05) is 24.3 Å². The number of hydrogen-bond acceptors (Lipinski definition) is 4. The third-order valence-electron chi connectivity index (χ3n) is 3.24. The van der Waals surface area contributed by atoms with Crippen molar-refractivity contribution in [3.05, 3.63) is 70.8 Å². The molecule has 22 heavy (non-hydrogen) atoms. The van der Waals surface area contributed by atoms with Gasteiger partial charge in [0, 0.05) is 12.1 Å². The van der Waals surface area contributed by atoms with E-state index in [1.54, 1.807) is 24.3 Å². The summed E-state index contributed by atoms with van der Waals surface area (Å²) in [5, 5.41) is 17.5. The molecule has 0 aliphatic heterocycles. The fraction of sp³-hybridized carbons (Fsp3) is 0.125. The van der Waals surface area contributed by atoms with Crippen molar-refractivity contribution in [1.82, 2.24) is 0 Å². The normalized spacial score (nSPS) is 11.8. The predicted octanol–water partition coefficient (Wildman–Crippen LogP) is 2.97. The van der Waals surface area contributed by atoms with Gasteiger partial charge in [-0.25, -0.2) is 0 Å². The Morgan fingerprint density at radius 1 is 0.636 bits per heavy atom. The lowest BCUT2D eigenvalue weighted by Crippen LogP contribution is -2.26. The molecule has 0 unspecified atom stereocenters. The molecule has 0 fully saturated rings. The van der Waals surface area contributed by atoms with E-state index in [0.29, 0.717) is 11.1 Å². The summed E-state index contributed by atoms with van der Waals surface area (Å²) >= 11 is 0. The third-order valence-corrected chi connectivity index (χ3v) is 3.24. The Morgan fingerprint density at radius 3 is 1.14 bits per heavy atom. The van der Waals surface area contributed by atoms with Crippen LogP contribution < -0.4 is 11.5 Å². The van der Waals surface area contributed by atoms with E-state index < -0.39 is 0 Å². The Labute approximate surface area is 142 Å². The number of benzene rings is 2. The molecule has 0 heterocycles. The van der Waals surface area contributed by atoms with E-state index in [9.17, 15) is 0 Å². The predicted molar refractivity (Wildman–Crippen MR) is 90.7 cm³/mol. The van der Waals surface area contributed by atoms with Gasteiger partial charge >= 0.3 is 0 Å². The molecule has 0 aliphatic carbocycles. The van der Waals surface area contributed by atoms with Gasteiger partial charge in [0.1, 0.15) is 0 Å². The summed E-state index contributed by atoms with van der Waals surface area (Å²) < 4.78 is 0. The average Bonchev–Trinajstić information content (AvgIpc) is 2.53. The molecular formula is C16H16Cl2N4. The van der Waals surface area contributed by atoms with Crippen LogP contribution in [0.5, 0.6) is 0 Å². The SMILES string of the molecule is Cl.Cl.N#Cc1ccc([C@@H](N)[C@H](N)c2ccc(C#N)cc2)cc1. The Hall–Kier alpha value is -2.08. The van der Waals surface area contributed by atoms with Gasteiger partial charge in [-0.2, -0.15) is 10.5 Å². The van der Waals surface area contributed by atoms with Crippen LogP contribution in [0.3, 0.4) is 0 Å². The quantitative estimate of drug-likeness (QED) is 0.900. The first-order chi connectivity index (χ1) is 9.65. The van der Waals surface area contributed by atoms with Crippen LogP contribution in [0, 0.1) is 22.7 Å². The standard InChI is InChI=1S/C16H14N4.2ClH/c17-9-11-1-5-13(6-2-11)15(19)16(20)14-7-3-12(10-18)4-8-14;;/h1-8,15-16H,19-20H2;2*1H/t15-,16-;;/m1../s1. The molecule has 0 aromatic heterocycles. The largest absolute Gasteiger partial charge is 0.322 e. The fourth-order valence-electron chi connectivity index (χ4n) is 1.97. The van der Waals surface area contributed by atoms with Crippen molar-refractivity contribution in [2.24, 2.45) is 11.5 Å². The first-order valence-corrected chi connectivity index (χ1v) is 6.17. The highest BCUT2D eigenvalue weighted by molar-refractivity contribution is 5.85. The molecule has 0 saturated heterocycles. The van der Waals surface area contributed by atoms with E-state index in [1.807, 2.05) is 24.3 Å². The summed E-state index contributed by atoms with van der Waals surface area (Å²) in [4.78, 5) is 0. The van der Waals surface area contributed by atoms with E-state index in [0.717, 1.165) is 11.1 Å². The molecule has 0 amide bonds. The first kappa shape index (κ1) is 19.9. The van der Waals surface area contributed by atoms with Crippen molar-refractivity contribution < 1.29 is 0 Å². The van der Waals surface area contributed by atoms with Gasteiger partial charge in [0.05, 0.1) is 23.3 Å². The van der Waals surface area contributed by atoms with Gasteiger partial charge in [-0.05, 0) is 35.4 Å². The van der Waals surface area contributed by atoms with Crippen LogP contribution >= 0.6 is 24.8 Å². The average molecular weight is 335 g/mol. The lowest BCUT2D eigenvalue weighted by molar-refractivity contribution is 0.574. The number of halogens is 2. The van der Waals surface area contributed by atoms with Crippen molar-refractivity contribution in [3.8, 4) is 12.1 Å². The number of nitrogens with two attached hydrogens (primary N) is 2. The van der Waals surface area contributed by atoms with Gasteiger partial charge in [0.25, 0.3) is 0 Å². The topological polar surface area (TPSA) is 99.6 Å². The van der Waals surface area contributed by atoms with Crippen molar-refractivity contribution in [2.75, 3.05) is 0 Å². The number of hydrogen-bond donors (Lipinski definition) is 2. The van der Waals surface area contributed by atoms with Crippen molar-refractivity contribution in [2.45, 2.75) is 12.1 Å². The van der Waals surface area contributed by atoms with E-state index in [1.165, 1.54) is 0 Å². The van der Waals surface area contributed by atoms with Crippen molar-refractivity contribution >= 4 is 24.8 Å². The second-order valence-corrected chi connectivity index (χ2v) is 4.52. The molecule has 4 N–H and O–H groups in total. The molecule has 114 valence electrons. The lowest BCUT2D eigenvalue weighted by atomic mass is 9.94. The summed E-state index contributed by atoms with van der Waals surface area (Å²) in [7, 11) is 0. The van der Waals surface area contributed by atoms with Gasteiger partial charge in [0.15, 0.2) is 0 Å². The highest BCUT2D eigenvalue weighted by Gasteiger charge is 2.17. The fourth-order valence-corrected chi connectivity index (χ4v) is 1.97. The molecule has 0 radical (unpaired) electrons. The van der Waals surface area contributed by atoms with Crippen LogP contribution in [0.25, 0.3) is 0 Å². The summed E-state index contributed by atoms with van der Waals surface area (Å²) in [6.45, 7) is 0. The second-order valence-electron chi connectivity index (χ2n) is 4.52. The molecule has 6 heteroatoms. The van der Waals surface area contributed by atoms with Gasteiger partial charge in [-0.3, -0.25) is 0 Å². The zero-order valence-corrected chi connectivity index (χ0v) is 13.3.